The molecule has 102 valence electrons. The SMILES string of the molecule is CC(=O)N1CCN(Cc2cnc(N)s2)C(C)C1.Cl. The molecule has 1 amide bonds. The minimum absolute atomic E-state index is 0. The van der Waals surface area contributed by atoms with Gasteiger partial charge in [-0.15, -0.1) is 23.7 Å². The van der Waals surface area contributed by atoms with Crippen molar-refractivity contribution in [1.82, 2.24) is 14.8 Å². The van der Waals surface area contributed by atoms with Gasteiger partial charge in [0, 0.05) is 50.2 Å². The second-order valence-electron chi connectivity index (χ2n) is 4.45. The van der Waals surface area contributed by atoms with E-state index in [9.17, 15) is 4.79 Å². The molecule has 1 atom stereocenters. The number of aromatic nitrogens is 1. The van der Waals surface area contributed by atoms with Crippen LogP contribution < -0.4 is 5.73 Å². The Kier molecular flexibility index (Phi) is 5.37. The van der Waals surface area contributed by atoms with Gasteiger partial charge in [-0.25, -0.2) is 4.98 Å². The predicted molar refractivity (Wildman–Crippen MR) is 75.9 cm³/mol. The highest BCUT2D eigenvalue weighted by atomic mass is 35.5. The number of amides is 1. The van der Waals surface area contributed by atoms with Gasteiger partial charge in [0.05, 0.1) is 0 Å². The van der Waals surface area contributed by atoms with E-state index in [0.29, 0.717) is 11.2 Å². The number of carbonyl (C=O) groups excluding carboxylic acids is 1. The highest BCUT2D eigenvalue weighted by molar-refractivity contribution is 7.15. The Labute approximate surface area is 117 Å². The summed E-state index contributed by atoms with van der Waals surface area (Å²) < 4.78 is 0. The van der Waals surface area contributed by atoms with E-state index >= 15 is 0 Å². The van der Waals surface area contributed by atoms with Crippen molar-refractivity contribution in [2.75, 3.05) is 25.4 Å². The third-order valence-electron chi connectivity index (χ3n) is 3.14. The van der Waals surface area contributed by atoms with Gasteiger partial charge in [-0.3, -0.25) is 9.69 Å². The number of nitrogen functional groups attached to an aromatic ring is 1. The van der Waals surface area contributed by atoms with Crippen molar-refractivity contribution in [2.24, 2.45) is 0 Å². The van der Waals surface area contributed by atoms with Crippen LogP contribution in [0.2, 0.25) is 0 Å². The minimum Gasteiger partial charge on any atom is -0.375 e. The smallest absolute Gasteiger partial charge is 0.219 e. The maximum Gasteiger partial charge on any atom is 0.219 e. The first-order valence-electron chi connectivity index (χ1n) is 5.76. The number of anilines is 1. The molecule has 1 unspecified atom stereocenters. The molecule has 18 heavy (non-hydrogen) atoms. The lowest BCUT2D eigenvalue weighted by molar-refractivity contribution is -0.131. The molecule has 2 N–H and O–H groups in total. The minimum atomic E-state index is 0. The summed E-state index contributed by atoms with van der Waals surface area (Å²) in [6, 6.07) is 0.385. The topological polar surface area (TPSA) is 62.5 Å². The summed E-state index contributed by atoms with van der Waals surface area (Å²) >= 11 is 1.53. The van der Waals surface area contributed by atoms with Gasteiger partial charge in [-0.2, -0.15) is 0 Å². The summed E-state index contributed by atoms with van der Waals surface area (Å²) in [6.45, 7) is 7.20. The zero-order chi connectivity index (χ0) is 12.4. The Morgan fingerprint density at radius 1 is 1.61 bits per heavy atom. The van der Waals surface area contributed by atoms with Gasteiger partial charge in [0.15, 0.2) is 5.13 Å². The first kappa shape index (κ1) is 15.2. The van der Waals surface area contributed by atoms with Crippen LogP contribution in [-0.4, -0.2) is 46.4 Å². The Morgan fingerprint density at radius 3 is 2.83 bits per heavy atom. The largest absolute Gasteiger partial charge is 0.375 e. The lowest BCUT2D eigenvalue weighted by Crippen LogP contribution is -2.52. The first-order valence-corrected chi connectivity index (χ1v) is 6.57. The maximum absolute atomic E-state index is 11.3. The summed E-state index contributed by atoms with van der Waals surface area (Å²) in [5.74, 6) is 0.165. The number of nitrogens with zero attached hydrogens (tertiary/aromatic N) is 3. The van der Waals surface area contributed by atoms with Gasteiger partial charge in [-0.05, 0) is 6.92 Å². The Bertz CT molecular complexity index is 412. The third kappa shape index (κ3) is 3.57. The number of halogens is 1. The number of carbonyl (C=O) groups is 1. The molecule has 1 aliphatic heterocycles. The van der Waals surface area contributed by atoms with Crippen molar-refractivity contribution in [1.29, 1.82) is 0 Å². The fraction of sp³-hybridized carbons (Fsp3) is 0.636. The first-order chi connectivity index (χ1) is 8.06. The van der Waals surface area contributed by atoms with E-state index in [1.54, 1.807) is 6.92 Å². The summed E-state index contributed by atoms with van der Waals surface area (Å²) in [7, 11) is 0. The molecular formula is C11H19ClN4OS. The number of piperazine rings is 1. The van der Waals surface area contributed by atoms with Crippen LogP contribution >= 0.6 is 23.7 Å². The van der Waals surface area contributed by atoms with E-state index < -0.39 is 0 Å². The van der Waals surface area contributed by atoms with Crippen molar-refractivity contribution in [3.8, 4) is 0 Å². The van der Waals surface area contributed by atoms with Gasteiger partial charge in [0.25, 0.3) is 0 Å². The molecule has 2 heterocycles. The van der Waals surface area contributed by atoms with Crippen LogP contribution in [0.15, 0.2) is 6.20 Å². The predicted octanol–water partition coefficient (Wildman–Crippen LogP) is 1.20. The fourth-order valence-electron chi connectivity index (χ4n) is 2.11. The molecule has 1 aliphatic rings. The quantitative estimate of drug-likeness (QED) is 0.889. The van der Waals surface area contributed by atoms with Crippen LogP contribution in [0.5, 0.6) is 0 Å². The molecular weight excluding hydrogens is 272 g/mol. The van der Waals surface area contributed by atoms with Crippen LogP contribution in [0.25, 0.3) is 0 Å². The summed E-state index contributed by atoms with van der Waals surface area (Å²) in [4.78, 5) is 20.8. The van der Waals surface area contributed by atoms with E-state index in [1.165, 1.54) is 16.2 Å². The lowest BCUT2D eigenvalue weighted by Gasteiger charge is -2.39. The van der Waals surface area contributed by atoms with Gasteiger partial charge >= 0.3 is 0 Å². The average molecular weight is 291 g/mol. The number of rotatable bonds is 2. The van der Waals surface area contributed by atoms with Crippen molar-refractivity contribution >= 4 is 34.8 Å². The number of hydrogen-bond acceptors (Lipinski definition) is 5. The molecule has 2 rings (SSSR count). The van der Waals surface area contributed by atoms with Crippen LogP contribution in [0.1, 0.15) is 18.7 Å². The van der Waals surface area contributed by atoms with Gasteiger partial charge in [0.2, 0.25) is 5.91 Å². The zero-order valence-electron chi connectivity index (χ0n) is 10.6. The summed E-state index contributed by atoms with van der Waals surface area (Å²) in [6.07, 6.45) is 1.84. The molecule has 0 radical (unpaired) electrons. The summed E-state index contributed by atoms with van der Waals surface area (Å²) in [5, 5.41) is 0.620. The fourth-order valence-corrected chi connectivity index (χ4v) is 2.82. The van der Waals surface area contributed by atoms with Crippen LogP contribution in [0.3, 0.4) is 0 Å². The Balaban J connectivity index is 0.00000162. The maximum atomic E-state index is 11.3. The van der Waals surface area contributed by atoms with Crippen LogP contribution in [-0.2, 0) is 11.3 Å². The molecule has 1 aromatic heterocycles. The van der Waals surface area contributed by atoms with Crippen molar-refractivity contribution in [3.63, 3.8) is 0 Å². The normalized spacial score (nSPS) is 20.6. The third-order valence-corrected chi connectivity index (χ3v) is 3.95. The Hall–Kier alpha value is -0.850. The van der Waals surface area contributed by atoms with E-state index in [2.05, 4.69) is 16.8 Å². The van der Waals surface area contributed by atoms with E-state index in [4.69, 9.17) is 5.73 Å². The molecule has 0 spiro atoms. The zero-order valence-corrected chi connectivity index (χ0v) is 12.3. The lowest BCUT2D eigenvalue weighted by atomic mass is 10.2. The molecule has 0 bridgehead atoms. The van der Waals surface area contributed by atoms with Crippen LogP contribution in [0, 0.1) is 0 Å². The van der Waals surface area contributed by atoms with Crippen molar-refractivity contribution < 1.29 is 4.79 Å². The molecule has 0 saturated carbocycles. The molecule has 0 aromatic carbocycles. The van der Waals surface area contributed by atoms with Crippen LogP contribution in [0.4, 0.5) is 5.13 Å². The number of nitrogens with two attached hydrogens (primary N) is 1. The molecule has 5 nitrogen and oxygen atoms in total. The highest BCUT2D eigenvalue weighted by Crippen LogP contribution is 2.19. The van der Waals surface area contributed by atoms with E-state index in [1.807, 2.05) is 11.1 Å². The van der Waals surface area contributed by atoms with E-state index in [0.717, 1.165) is 26.2 Å². The van der Waals surface area contributed by atoms with E-state index in [-0.39, 0.29) is 18.3 Å². The van der Waals surface area contributed by atoms with Gasteiger partial charge in [0.1, 0.15) is 0 Å². The number of thiazole rings is 1. The summed E-state index contributed by atoms with van der Waals surface area (Å²) in [5.41, 5.74) is 5.62. The highest BCUT2D eigenvalue weighted by Gasteiger charge is 2.25. The molecule has 1 aromatic rings. The second kappa shape index (κ2) is 6.36. The molecule has 1 saturated heterocycles. The second-order valence-corrected chi connectivity index (χ2v) is 5.60. The molecule has 7 heteroatoms. The number of hydrogen-bond donors (Lipinski definition) is 1. The molecule has 0 aliphatic carbocycles. The average Bonchev–Trinajstić information content (AvgIpc) is 2.67. The van der Waals surface area contributed by atoms with Gasteiger partial charge < -0.3 is 10.6 Å². The Morgan fingerprint density at radius 2 is 2.33 bits per heavy atom. The van der Waals surface area contributed by atoms with Crippen molar-refractivity contribution in [2.45, 2.75) is 26.4 Å². The molecule has 1 fully saturated rings. The monoisotopic (exact) mass is 290 g/mol. The van der Waals surface area contributed by atoms with Gasteiger partial charge in [-0.1, -0.05) is 0 Å². The van der Waals surface area contributed by atoms with Crippen molar-refractivity contribution in [3.05, 3.63) is 11.1 Å². The standard InChI is InChI=1S/C11H18N4OS.ClH/c1-8-6-15(9(2)16)4-3-14(8)7-10-5-13-11(12)17-10;/h5,8H,3-4,6-7H2,1-2H3,(H2,12,13);1H.